The zero-order valence-electron chi connectivity index (χ0n) is 16.9. The van der Waals surface area contributed by atoms with Gasteiger partial charge in [-0.25, -0.2) is 14.4 Å². The molecular weight excluding hydrogens is 383 g/mol. The fourth-order valence-electron chi connectivity index (χ4n) is 3.76. The summed E-state index contributed by atoms with van der Waals surface area (Å²) in [4.78, 5) is 25.8. The van der Waals surface area contributed by atoms with E-state index in [1.807, 2.05) is 12.1 Å². The topological polar surface area (TPSA) is 77.0 Å². The van der Waals surface area contributed by atoms with E-state index in [1.54, 1.807) is 30.7 Å². The number of aromatic nitrogens is 3. The molecule has 30 heavy (non-hydrogen) atoms. The maximum Gasteiger partial charge on any atom is 0.258 e. The predicted molar refractivity (Wildman–Crippen MR) is 110 cm³/mol. The van der Waals surface area contributed by atoms with Crippen LogP contribution in [-0.2, 0) is 11.2 Å². The lowest BCUT2D eigenvalue weighted by Gasteiger charge is -2.36. The molecule has 0 spiro atoms. The summed E-state index contributed by atoms with van der Waals surface area (Å²) in [7, 11) is 0. The summed E-state index contributed by atoms with van der Waals surface area (Å²) in [5.41, 5.74) is 2.73. The molecule has 0 saturated carbocycles. The molecule has 154 valence electrons. The number of pyridine rings is 1. The van der Waals surface area contributed by atoms with Crippen LogP contribution in [0.5, 0.6) is 5.75 Å². The molecule has 4 rings (SSSR count). The van der Waals surface area contributed by atoms with E-state index in [0.717, 1.165) is 29.7 Å². The molecule has 3 aromatic rings. The van der Waals surface area contributed by atoms with Crippen molar-refractivity contribution < 1.29 is 13.9 Å². The van der Waals surface area contributed by atoms with Gasteiger partial charge in [0.25, 0.3) is 5.91 Å². The van der Waals surface area contributed by atoms with E-state index < -0.39 is 5.82 Å². The Labute approximate surface area is 174 Å². The summed E-state index contributed by atoms with van der Waals surface area (Å²) in [6.45, 7) is 4.13. The lowest BCUT2D eigenvalue weighted by molar-refractivity contribution is -0.124. The number of rotatable bonds is 5. The minimum atomic E-state index is -0.405. The number of fused-ring (bicyclic) bond motifs is 1. The number of amides is 1. The summed E-state index contributed by atoms with van der Waals surface area (Å²) >= 11 is 0. The van der Waals surface area contributed by atoms with Crippen molar-refractivity contribution in [3.05, 3.63) is 72.1 Å². The summed E-state index contributed by atoms with van der Waals surface area (Å²) in [5, 5.41) is 3.03. The number of hydrogen-bond donors (Lipinski definition) is 1. The number of nitrogens with one attached hydrogen (secondary N) is 1. The average molecular weight is 406 g/mol. The Kier molecular flexibility index (Phi) is 5.44. The molecule has 1 aromatic carbocycles. The second-order valence-electron chi connectivity index (χ2n) is 8.24. The molecule has 2 heterocycles. The molecule has 1 aliphatic rings. The van der Waals surface area contributed by atoms with Crippen LogP contribution >= 0.6 is 0 Å². The van der Waals surface area contributed by atoms with Crippen LogP contribution in [0.15, 0.2) is 55.0 Å². The smallest absolute Gasteiger partial charge is 0.258 e. The van der Waals surface area contributed by atoms with Gasteiger partial charge in [-0.1, -0.05) is 19.9 Å². The molecule has 0 bridgehead atoms. The zero-order chi connectivity index (χ0) is 21.1. The molecule has 1 amide bonds. The van der Waals surface area contributed by atoms with Crippen LogP contribution in [0.3, 0.4) is 0 Å². The van der Waals surface area contributed by atoms with Gasteiger partial charge in [0.15, 0.2) is 12.4 Å². The van der Waals surface area contributed by atoms with E-state index in [1.165, 1.54) is 12.1 Å². The van der Waals surface area contributed by atoms with Gasteiger partial charge in [-0.3, -0.25) is 9.78 Å². The van der Waals surface area contributed by atoms with Gasteiger partial charge < -0.3 is 10.1 Å². The lowest BCUT2D eigenvalue weighted by atomic mass is 9.74. The average Bonchev–Trinajstić information content (AvgIpc) is 2.72. The molecule has 0 aliphatic heterocycles. The van der Waals surface area contributed by atoms with Gasteiger partial charge in [0, 0.05) is 35.8 Å². The number of ether oxygens (including phenoxy) is 1. The molecule has 1 aliphatic carbocycles. The first-order chi connectivity index (χ1) is 14.4. The van der Waals surface area contributed by atoms with Gasteiger partial charge in [-0.15, -0.1) is 0 Å². The van der Waals surface area contributed by atoms with Crippen LogP contribution in [-0.4, -0.2) is 27.5 Å². The molecule has 6 nitrogen and oxygen atoms in total. The number of hydrogen-bond acceptors (Lipinski definition) is 5. The van der Waals surface area contributed by atoms with Crippen LogP contribution in [0, 0.1) is 11.2 Å². The van der Waals surface area contributed by atoms with Crippen molar-refractivity contribution in [2.45, 2.75) is 32.7 Å². The van der Waals surface area contributed by atoms with Gasteiger partial charge in [-0.05, 0) is 42.5 Å². The highest BCUT2D eigenvalue weighted by molar-refractivity contribution is 5.78. The molecule has 0 radical (unpaired) electrons. The maximum absolute atomic E-state index is 13.3. The minimum absolute atomic E-state index is 0.0295. The first-order valence-electron chi connectivity index (χ1n) is 9.84. The first kappa shape index (κ1) is 19.9. The third-order valence-electron chi connectivity index (χ3n) is 5.12. The predicted octanol–water partition coefficient (Wildman–Crippen LogP) is 3.89. The van der Waals surface area contributed by atoms with E-state index in [9.17, 15) is 9.18 Å². The third kappa shape index (κ3) is 4.62. The second kappa shape index (κ2) is 8.18. The maximum atomic E-state index is 13.3. The van der Waals surface area contributed by atoms with E-state index in [2.05, 4.69) is 29.1 Å². The van der Waals surface area contributed by atoms with Crippen molar-refractivity contribution >= 4 is 5.91 Å². The summed E-state index contributed by atoms with van der Waals surface area (Å²) in [5.74, 6) is 0.289. The van der Waals surface area contributed by atoms with Gasteiger partial charge in [0.05, 0.1) is 11.7 Å². The fraction of sp³-hybridized carbons (Fsp3) is 0.304. The van der Waals surface area contributed by atoms with Gasteiger partial charge >= 0.3 is 0 Å². The van der Waals surface area contributed by atoms with Gasteiger partial charge in [0.1, 0.15) is 11.6 Å². The quantitative estimate of drug-likeness (QED) is 0.696. The molecule has 2 aromatic heterocycles. The number of carbonyl (C=O) groups excluding carboxylic acids is 1. The minimum Gasteiger partial charge on any atom is -0.484 e. The second-order valence-corrected chi connectivity index (χ2v) is 8.24. The Bertz CT molecular complexity index is 1060. The van der Waals surface area contributed by atoms with Crippen molar-refractivity contribution in [3.63, 3.8) is 0 Å². The number of carbonyl (C=O) groups is 1. The van der Waals surface area contributed by atoms with E-state index in [0.29, 0.717) is 11.6 Å². The number of nitrogens with zero attached hydrogens (tertiary/aromatic N) is 3. The Hall–Kier alpha value is -3.35. The van der Waals surface area contributed by atoms with Gasteiger partial charge in [0.2, 0.25) is 0 Å². The Balaban J connectivity index is 1.50. The van der Waals surface area contributed by atoms with Crippen molar-refractivity contribution in [2.75, 3.05) is 6.61 Å². The number of benzene rings is 1. The van der Waals surface area contributed by atoms with Crippen LogP contribution < -0.4 is 10.1 Å². The highest BCUT2D eigenvalue weighted by Crippen LogP contribution is 2.40. The third-order valence-corrected chi connectivity index (χ3v) is 5.12. The van der Waals surface area contributed by atoms with E-state index in [4.69, 9.17) is 9.72 Å². The van der Waals surface area contributed by atoms with Crippen LogP contribution in [0.2, 0.25) is 0 Å². The van der Waals surface area contributed by atoms with Crippen LogP contribution in [0.25, 0.3) is 11.4 Å². The summed E-state index contributed by atoms with van der Waals surface area (Å²) in [6.07, 6.45) is 6.79. The molecule has 1 N–H and O–H groups in total. The molecule has 0 saturated heterocycles. The highest BCUT2D eigenvalue weighted by atomic mass is 19.1. The lowest BCUT2D eigenvalue weighted by Crippen LogP contribution is -2.39. The van der Waals surface area contributed by atoms with Crippen LogP contribution in [0.1, 0.15) is 37.6 Å². The standard InChI is InChI=1S/C23H23FN4O2/c1-23(2)11-19(27-21(29)14-30-17-5-3-4-16(24)10-17)18-13-26-22(28-20(18)12-23)15-6-8-25-9-7-15/h3-10,13,19H,11-12,14H2,1-2H3,(H,27,29)/t19-/m1/s1. The fourth-order valence-corrected chi connectivity index (χ4v) is 3.76. The van der Waals surface area contributed by atoms with Crippen molar-refractivity contribution in [1.82, 2.24) is 20.3 Å². The number of halogens is 1. The van der Waals surface area contributed by atoms with Crippen molar-refractivity contribution in [2.24, 2.45) is 5.41 Å². The first-order valence-corrected chi connectivity index (χ1v) is 9.84. The monoisotopic (exact) mass is 406 g/mol. The molecule has 1 atom stereocenters. The van der Waals surface area contributed by atoms with Gasteiger partial charge in [-0.2, -0.15) is 0 Å². The molecule has 0 fully saturated rings. The molecule has 0 unspecified atom stereocenters. The Morgan fingerprint density at radius 1 is 1.27 bits per heavy atom. The summed E-state index contributed by atoms with van der Waals surface area (Å²) in [6, 6.07) is 9.27. The van der Waals surface area contributed by atoms with E-state index >= 15 is 0 Å². The largest absolute Gasteiger partial charge is 0.484 e. The summed E-state index contributed by atoms with van der Waals surface area (Å²) < 4.78 is 18.7. The van der Waals surface area contributed by atoms with Crippen LogP contribution in [0.4, 0.5) is 4.39 Å². The highest BCUT2D eigenvalue weighted by Gasteiger charge is 2.34. The normalized spacial score (nSPS) is 17.1. The van der Waals surface area contributed by atoms with Crippen molar-refractivity contribution in [1.29, 1.82) is 0 Å². The molecular formula is C23H23FN4O2. The van der Waals surface area contributed by atoms with Crippen molar-refractivity contribution in [3.8, 4) is 17.1 Å². The van der Waals surface area contributed by atoms with E-state index in [-0.39, 0.29) is 24.0 Å². The Morgan fingerprint density at radius 3 is 2.83 bits per heavy atom. The Morgan fingerprint density at radius 2 is 2.07 bits per heavy atom. The zero-order valence-corrected chi connectivity index (χ0v) is 16.9. The molecule has 7 heteroatoms. The SMILES string of the molecule is CC1(C)Cc2nc(-c3ccncc3)ncc2[C@H](NC(=O)COc2cccc(F)c2)C1.